The van der Waals surface area contributed by atoms with Crippen LogP contribution in [0.1, 0.15) is 22.7 Å². The van der Waals surface area contributed by atoms with Gasteiger partial charge in [0.1, 0.15) is 5.82 Å². The molecule has 10 heteroatoms. The van der Waals surface area contributed by atoms with E-state index in [0.717, 1.165) is 12.1 Å². The second-order valence-corrected chi connectivity index (χ2v) is 3.76. The van der Waals surface area contributed by atoms with Crippen molar-refractivity contribution in [2.24, 2.45) is 0 Å². The summed E-state index contributed by atoms with van der Waals surface area (Å²) in [7, 11) is 0. The summed E-state index contributed by atoms with van der Waals surface area (Å²) in [5, 5.41) is 19.2. The molecule has 110 valence electrons. The monoisotopic (exact) mass is 302 g/mol. The molecule has 0 radical (unpaired) electrons. The van der Waals surface area contributed by atoms with Gasteiger partial charge >= 0.3 is 5.97 Å². The third-order valence-corrected chi connectivity index (χ3v) is 2.45. The highest BCUT2D eigenvalue weighted by Crippen LogP contribution is 2.31. The number of nitrogens with zero attached hydrogens (tertiary/aromatic N) is 2. The standard InChI is InChI=1S/C11H5F3N2O5/c12-6-3-4(16(19)20)1-2-5(6)10-15-7(9(13)14)8(21-10)11(17)18/h1-3,9H,(H,17,18). The van der Waals surface area contributed by atoms with Crippen LogP contribution in [-0.4, -0.2) is 21.0 Å². The number of carboxylic acid groups (broad SMARTS) is 1. The van der Waals surface area contributed by atoms with Crippen LogP contribution in [0.5, 0.6) is 0 Å². The summed E-state index contributed by atoms with van der Waals surface area (Å²) in [5.74, 6) is -4.75. The van der Waals surface area contributed by atoms with E-state index in [1.165, 1.54) is 0 Å². The molecule has 0 aliphatic heterocycles. The molecule has 0 unspecified atom stereocenters. The van der Waals surface area contributed by atoms with Crippen LogP contribution in [0.15, 0.2) is 22.6 Å². The second-order valence-electron chi connectivity index (χ2n) is 3.76. The summed E-state index contributed by atoms with van der Waals surface area (Å²) in [6.45, 7) is 0. The Balaban J connectivity index is 2.55. The van der Waals surface area contributed by atoms with Crippen molar-refractivity contribution in [2.45, 2.75) is 6.43 Å². The van der Waals surface area contributed by atoms with E-state index in [9.17, 15) is 28.1 Å². The van der Waals surface area contributed by atoms with Gasteiger partial charge in [-0.2, -0.15) is 0 Å². The maximum atomic E-state index is 13.7. The van der Waals surface area contributed by atoms with Crippen LogP contribution in [0.2, 0.25) is 0 Å². The lowest BCUT2D eigenvalue weighted by Gasteiger charge is -1.97. The van der Waals surface area contributed by atoms with Crippen molar-refractivity contribution in [1.82, 2.24) is 4.98 Å². The Morgan fingerprint density at radius 3 is 2.52 bits per heavy atom. The van der Waals surface area contributed by atoms with E-state index in [4.69, 9.17) is 5.11 Å². The highest BCUT2D eigenvalue weighted by molar-refractivity contribution is 5.86. The largest absolute Gasteiger partial charge is 0.475 e. The van der Waals surface area contributed by atoms with E-state index in [2.05, 4.69) is 9.40 Å². The highest BCUT2D eigenvalue weighted by atomic mass is 19.3. The van der Waals surface area contributed by atoms with Crippen molar-refractivity contribution in [2.75, 3.05) is 0 Å². The normalized spacial score (nSPS) is 10.9. The predicted molar refractivity (Wildman–Crippen MR) is 60.5 cm³/mol. The van der Waals surface area contributed by atoms with Gasteiger partial charge in [-0.15, -0.1) is 0 Å². The molecule has 1 aromatic carbocycles. The Morgan fingerprint density at radius 1 is 1.43 bits per heavy atom. The van der Waals surface area contributed by atoms with E-state index in [-0.39, 0.29) is 0 Å². The second kappa shape index (κ2) is 5.23. The van der Waals surface area contributed by atoms with Crippen molar-refractivity contribution in [3.05, 3.63) is 45.6 Å². The molecule has 21 heavy (non-hydrogen) atoms. The molecule has 2 aromatic rings. The summed E-state index contributed by atoms with van der Waals surface area (Å²) < 4.78 is 43.5. The number of benzene rings is 1. The van der Waals surface area contributed by atoms with Crippen LogP contribution in [0.3, 0.4) is 0 Å². The van der Waals surface area contributed by atoms with Crippen molar-refractivity contribution < 1.29 is 32.4 Å². The molecule has 0 fully saturated rings. The van der Waals surface area contributed by atoms with Gasteiger partial charge in [0.05, 0.1) is 16.6 Å². The number of carboxylic acids is 1. The number of alkyl halides is 2. The summed E-state index contributed by atoms with van der Waals surface area (Å²) in [6, 6.07) is 2.34. The number of nitro groups is 1. The first-order valence-electron chi connectivity index (χ1n) is 5.27. The quantitative estimate of drug-likeness (QED) is 0.687. The van der Waals surface area contributed by atoms with Crippen molar-refractivity contribution in [1.29, 1.82) is 0 Å². The molecule has 0 saturated carbocycles. The molecular formula is C11H5F3N2O5. The van der Waals surface area contributed by atoms with Crippen molar-refractivity contribution >= 4 is 11.7 Å². The number of hydrogen-bond donors (Lipinski definition) is 1. The molecule has 0 saturated heterocycles. The van der Waals surface area contributed by atoms with Gasteiger partial charge in [0.25, 0.3) is 12.1 Å². The van der Waals surface area contributed by atoms with Crippen LogP contribution in [0.25, 0.3) is 11.5 Å². The van der Waals surface area contributed by atoms with E-state index in [1.54, 1.807) is 0 Å². The first-order chi connectivity index (χ1) is 9.81. The number of rotatable bonds is 4. The lowest BCUT2D eigenvalue weighted by Crippen LogP contribution is -1.99. The van der Waals surface area contributed by atoms with Crippen LogP contribution in [0, 0.1) is 15.9 Å². The minimum atomic E-state index is -3.23. The molecule has 7 nitrogen and oxygen atoms in total. The summed E-state index contributed by atoms with van der Waals surface area (Å²) in [4.78, 5) is 23.6. The molecule has 0 atom stereocenters. The Kier molecular flexibility index (Phi) is 3.61. The van der Waals surface area contributed by atoms with Crippen molar-refractivity contribution in [3.63, 3.8) is 0 Å². The summed E-state index contributed by atoms with van der Waals surface area (Å²) in [5.41, 5.74) is -2.17. The molecule has 0 aliphatic rings. The van der Waals surface area contributed by atoms with Crippen LogP contribution in [-0.2, 0) is 0 Å². The molecular weight excluding hydrogens is 297 g/mol. The molecule has 0 aliphatic carbocycles. The van der Waals surface area contributed by atoms with Gasteiger partial charge in [-0.1, -0.05) is 0 Å². The van der Waals surface area contributed by atoms with Gasteiger partial charge in [-0.3, -0.25) is 10.1 Å². The molecule has 0 bridgehead atoms. The molecule has 1 aromatic heterocycles. The van der Waals surface area contributed by atoms with E-state index in [0.29, 0.717) is 6.07 Å². The van der Waals surface area contributed by atoms with Crippen molar-refractivity contribution in [3.8, 4) is 11.5 Å². The lowest BCUT2D eigenvalue weighted by molar-refractivity contribution is -0.385. The van der Waals surface area contributed by atoms with E-state index < -0.39 is 51.7 Å². The SMILES string of the molecule is O=C(O)c1oc(-c2ccc([N+](=O)[O-])cc2F)nc1C(F)F. The third-order valence-electron chi connectivity index (χ3n) is 2.45. The van der Waals surface area contributed by atoms with Gasteiger partial charge < -0.3 is 9.52 Å². The van der Waals surface area contributed by atoms with E-state index >= 15 is 0 Å². The fraction of sp³-hybridized carbons (Fsp3) is 0.0909. The van der Waals surface area contributed by atoms with Crippen LogP contribution >= 0.6 is 0 Å². The summed E-state index contributed by atoms with van der Waals surface area (Å²) >= 11 is 0. The molecule has 0 spiro atoms. The number of halogens is 3. The number of oxazole rings is 1. The maximum Gasteiger partial charge on any atom is 0.374 e. The topological polar surface area (TPSA) is 106 Å². The van der Waals surface area contributed by atoms with Gasteiger partial charge in [0, 0.05) is 6.07 Å². The highest BCUT2D eigenvalue weighted by Gasteiger charge is 2.28. The minimum Gasteiger partial charge on any atom is -0.475 e. The Labute approximate surface area is 113 Å². The minimum absolute atomic E-state index is 0.463. The average Bonchev–Trinajstić information content (AvgIpc) is 2.83. The number of nitro benzene ring substituents is 1. The summed E-state index contributed by atoms with van der Waals surface area (Å²) in [6.07, 6.45) is -3.23. The zero-order valence-electron chi connectivity index (χ0n) is 9.92. The van der Waals surface area contributed by atoms with Gasteiger partial charge in [-0.25, -0.2) is 22.9 Å². The van der Waals surface area contributed by atoms with Gasteiger partial charge in [-0.05, 0) is 6.07 Å². The Bertz CT molecular complexity index is 729. The average molecular weight is 302 g/mol. The number of carbonyl (C=O) groups is 1. The smallest absolute Gasteiger partial charge is 0.374 e. The zero-order chi connectivity index (χ0) is 15.7. The Hall–Kier alpha value is -2.91. The molecule has 1 N–H and O–H groups in total. The fourth-order valence-electron chi connectivity index (χ4n) is 1.54. The third kappa shape index (κ3) is 2.68. The van der Waals surface area contributed by atoms with E-state index in [1.807, 2.05) is 0 Å². The molecule has 2 rings (SSSR count). The first-order valence-corrected chi connectivity index (χ1v) is 5.27. The number of non-ortho nitro benzene ring substituents is 1. The van der Waals surface area contributed by atoms with Gasteiger partial charge in [0.15, 0.2) is 5.69 Å². The number of aromatic nitrogens is 1. The maximum absolute atomic E-state index is 13.7. The molecule has 0 amide bonds. The zero-order valence-corrected chi connectivity index (χ0v) is 9.92. The first kappa shape index (κ1) is 14.5. The Morgan fingerprint density at radius 2 is 2.10 bits per heavy atom. The fourth-order valence-corrected chi connectivity index (χ4v) is 1.54. The number of hydrogen-bond acceptors (Lipinski definition) is 5. The van der Waals surface area contributed by atoms with Crippen LogP contribution < -0.4 is 0 Å². The van der Waals surface area contributed by atoms with Gasteiger partial charge in [0.2, 0.25) is 11.7 Å². The van der Waals surface area contributed by atoms with Crippen LogP contribution in [0.4, 0.5) is 18.9 Å². The number of aromatic carboxylic acids is 1. The predicted octanol–water partition coefficient (Wildman–Crippen LogP) is 3.02. The molecule has 1 heterocycles. The lowest BCUT2D eigenvalue weighted by atomic mass is 10.2.